The van der Waals surface area contributed by atoms with Gasteiger partial charge in [0.15, 0.2) is 0 Å². The first kappa shape index (κ1) is 29.3. The van der Waals surface area contributed by atoms with Crippen molar-refractivity contribution in [1.29, 1.82) is 5.26 Å². The SMILES string of the molecule is C=CN=C(/N=C\C)Oc1ccc2c(C#N)c(C(C)C/C=C(\C=C/C)NN)n(CC3CC3)c2c1.SC1CCC1. The molecule has 1 heterocycles. The Morgan fingerprint density at radius 3 is 2.61 bits per heavy atom. The zero-order valence-electron chi connectivity index (χ0n) is 22.7. The second kappa shape index (κ2) is 14.6. The van der Waals surface area contributed by atoms with Gasteiger partial charge in [0.1, 0.15) is 11.8 Å². The molecule has 0 radical (unpaired) electrons. The number of ether oxygens (including phenoxy) is 1. The van der Waals surface area contributed by atoms with Crippen LogP contribution < -0.4 is 16.0 Å². The highest BCUT2D eigenvalue weighted by molar-refractivity contribution is 7.81. The fraction of sp³-hybridized carbons (Fsp3) is 0.433. The van der Waals surface area contributed by atoms with Gasteiger partial charge in [0.2, 0.25) is 0 Å². The van der Waals surface area contributed by atoms with Crippen LogP contribution in [0.2, 0.25) is 0 Å². The Kier molecular flexibility index (Phi) is 11.3. The van der Waals surface area contributed by atoms with Crippen LogP contribution in [0, 0.1) is 17.2 Å². The predicted octanol–water partition coefficient (Wildman–Crippen LogP) is 6.78. The Labute approximate surface area is 232 Å². The molecule has 2 fully saturated rings. The highest BCUT2D eigenvalue weighted by Crippen LogP contribution is 2.39. The molecule has 1 aromatic carbocycles. The molecule has 8 heteroatoms. The van der Waals surface area contributed by atoms with E-state index >= 15 is 0 Å². The third-order valence-corrected chi connectivity index (χ3v) is 7.24. The van der Waals surface area contributed by atoms with Crippen LogP contribution in [0.15, 0.2) is 64.9 Å². The number of thiol groups is 1. The minimum absolute atomic E-state index is 0.131. The van der Waals surface area contributed by atoms with Crippen molar-refractivity contribution < 1.29 is 4.74 Å². The van der Waals surface area contributed by atoms with E-state index in [1.165, 1.54) is 38.3 Å². The minimum Gasteiger partial charge on any atom is -0.424 e. The van der Waals surface area contributed by atoms with Gasteiger partial charge in [0, 0.05) is 53.0 Å². The highest BCUT2D eigenvalue weighted by Gasteiger charge is 2.28. The van der Waals surface area contributed by atoms with Gasteiger partial charge in [-0.15, -0.1) is 0 Å². The summed E-state index contributed by atoms with van der Waals surface area (Å²) in [6, 6.07) is 8.46. The molecule has 2 aliphatic carbocycles. The third kappa shape index (κ3) is 7.86. The van der Waals surface area contributed by atoms with Gasteiger partial charge in [-0.25, -0.2) is 9.98 Å². The zero-order valence-corrected chi connectivity index (χ0v) is 23.6. The van der Waals surface area contributed by atoms with Gasteiger partial charge < -0.3 is 14.7 Å². The smallest absolute Gasteiger partial charge is 0.321 e. The summed E-state index contributed by atoms with van der Waals surface area (Å²) in [5.41, 5.74) is 6.34. The number of benzene rings is 1. The third-order valence-electron chi connectivity index (χ3n) is 6.72. The van der Waals surface area contributed by atoms with E-state index in [0.717, 1.165) is 46.1 Å². The van der Waals surface area contributed by atoms with Crippen molar-refractivity contribution in [2.75, 3.05) is 0 Å². The van der Waals surface area contributed by atoms with Crippen molar-refractivity contribution in [3.05, 3.63) is 66.2 Å². The fourth-order valence-corrected chi connectivity index (χ4v) is 4.70. The van der Waals surface area contributed by atoms with Crippen LogP contribution in [0.5, 0.6) is 5.75 Å². The average molecular weight is 533 g/mol. The molecule has 1 unspecified atom stereocenters. The van der Waals surface area contributed by atoms with E-state index in [-0.39, 0.29) is 11.9 Å². The lowest BCUT2D eigenvalue weighted by atomic mass is 9.98. The van der Waals surface area contributed by atoms with E-state index in [1.807, 2.05) is 37.3 Å². The summed E-state index contributed by atoms with van der Waals surface area (Å²) in [7, 11) is 0. The van der Waals surface area contributed by atoms with Gasteiger partial charge in [-0.1, -0.05) is 32.1 Å². The quantitative estimate of drug-likeness (QED) is 0.0828. The summed E-state index contributed by atoms with van der Waals surface area (Å²) in [5.74, 6) is 7.03. The molecule has 2 aromatic rings. The van der Waals surface area contributed by atoms with Crippen molar-refractivity contribution in [2.24, 2.45) is 21.7 Å². The van der Waals surface area contributed by atoms with Gasteiger partial charge in [0.25, 0.3) is 0 Å². The number of rotatable bonds is 9. The van der Waals surface area contributed by atoms with Crippen LogP contribution in [-0.2, 0) is 6.54 Å². The standard InChI is InChI=1S/C26H32N6O.C4H8S/c1-5-8-20(31-28)12-9-18(4)25-23(16-27)22-14-13-21(33-26(29-6-2)30-7-3)15-24(22)32(25)17-19-10-11-19;5-4-2-1-3-4/h5-8,12-15,18-19,31H,2,9-11,17,28H2,1,3-4H3;4-5H,1-3H2/b8-5-,20-12+,29-26?,30-7-;. The molecule has 7 nitrogen and oxygen atoms in total. The highest BCUT2D eigenvalue weighted by atomic mass is 32.1. The second-order valence-electron chi connectivity index (χ2n) is 9.71. The monoisotopic (exact) mass is 532 g/mol. The number of hydrazine groups is 1. The topological polar surface area (TPSA) is 101 Å². The molecule has 0 saturated heterocycles. The second-order valence-corrected chi connectivity index (χ2v) is 10.4. The van der Waals surface area contributed by atoms with Crippen LogP contribution in [0.25, 0.3) is 10.9 Å². The lowest BCUT2D eigenvalue weighted by molar-refractivity contribution is 0.525. The summed E-state index contributed by atoms with van der Waals surface area (Å²) < 4.78 is 8.19. The largest absolute Gasteiger partial charge is 0.424 e. The number of aliphatic imine (C=N–C) groups is 2. The van der Waals surface area contributed by atoms with Crippen molar-refractivity contribution in [3.63, 3.8) is 0 Å². The number of hydrogen-bond acceptors (Lipinski definition) is 6. The Hall–Kier alpha value is -3.28. The maximum Gasteiger partial charge on any atom is 0.321 e. The summed E-state index contributed by atoms with van der Waals surface area (Å²) in [6.45, 7) is 10.4. The molecule has 0 amide bonds. The lowest BCUT2D eigenvalue weighted by Crippen LogP contribution is -2.20. The number of nitrogens with one attached hydrogen (secondary N) is 1. The molecule has 4 rings (SSSR count). The van der Waals surface area contributed by atoms with Crippen molar-refractivity contribution in [3.8, 4) is 11.8 Å². The van der Waals surface area contributed by atoms with Gasteiger partial charge in [-0.3, -0.25) is 5.84 Å². The van der Waals surface area contributed by atoms with Gasteiger partial charge >= 0.3 is 6.02 Å². The summed E-state index contributed by atoms with van der Waals surface area (Å²) in [6.07, 6.45) is 16.3. The summed E-state index contributed by atoms with van der Waals surface area (Å²) in [5, 5.41) is 11.8. The van der Waals surface area contributed by atoms with Crippen molar-refractivity contribution in [1.82, 2.24) is 9.99 Å². The molecule has 202 valence electrons. The molecule has 1 aromatic heterocycles. The normalized spacial score (nSPS) is 17.2. The van der Waals surface area contributed by atoms with E-state index < -0.39 is 0 Å². The van der Waals surface area contributed by atoms with E-state index in [1.54, 1.807) is 13.1 Å². The number of nitrogens with zero attached hydrogens (tertiary/aromatic N) is 4. The molecule has 38 heavy (non-hydrogen) atoms. The summed E-state index contributed by atoms with van der Waals surface area (Å²) >= 11 is 4.18. The van der Waals surface area contributed by atoms with E-state index in [2.05, 4.69) is 58.3 Å². The van der Waals surface area contributed by atoms with Crippen LogP contribution in [-0.4, -0.2) is 22.1 Å². The maximum absolute atomic E-state index is 10.1. The first-order valence-electron chi connectivity index (χ1n) is 13.3. The molecular weight excluding hydrogens is 492 g/mol. The van der Waals surface area contributed by atoms with Crippen molar-refractivity contribution >= 4 is 35.8 Å². The molecule has 0 spiro atoms. The molecule has 3 N–H and O–H groups in total. The average Bonchev–Trinajstić information content (AvgIpc) is 3.67. The first-order valence-corrected chi connectivity index (χ1v) is 13.9. The van der Waals surface area contributed by atoms with E-state index in [9.17, 15) is 5.26 Å². The maximum atomic E-state index is 10.1. The van der Waals surface area contributed by atoms with Crippen LogP contribution in [0.1, 0.15) is 76.5 Å². The fourth-order valence-electron chi connectivity index (χ4n) is 4.33. The number of amidine groups is 1. The zero-order chi connectivity index (χ0) is 27.5. The Morgan fingerprint density at radius 2 is 2.08 bits per heavy atom. The lowest BCUT2D eigenvalue weighted by Gasteiger charge is -2.17. The number of nitriles is 1. The molecular formula is C30H40N6OS. The van der Waals surface area contributed by atoms with E-state index in [4.69, 9.17) is 10.6 Å². The Balaban J connectivity index is 0.000000715. The first-order chi connectivity index (χ1) is 18.4. The Bertz CT molecular complexity index is 1260. The minimum atomic E-state index is 0.131. The van der Waals surface area contributed by atoms with Gasteiger partial charge in [0.05, 0.1) is 11.1 Å². The number of allylic oxidation sites excluding steroid dienone is 3. The molecule has 0 aliphatic heterocycles. The molecule has 2 aliphatic rings. The van der Waals surface area contributed by atoms with Gasteiger partial charge in [-0.2, -0.15) is 17.9 Å². The predicted molar refractivity (Wildman–Crippen MR) is 162 cm³/mol. The number of fused-ring (bicyclic) bond motifs is 1. The van der Waals surface area contributed by atoms with Crippen LogP contribution in [0.3, 0.4) is 0 Å². The molecule has 2 saturated carbocycles. The van der Waals surface area contributed by atoms with Crippen LogP contribution >= 0.6 is 12.6 Å². The molecule has 1 atom stereocenters. The summed E-state index contributed by atoms with van der Waals surface area (Å²) in [4.78, 5) is 8.22. The van der Waals surface area contributed by atoms with Crippen LogP contribution in [0.4, 0.5) is 0 Å². The Morgan fingerprint density at radius 1 is 1.34 bits per heavy atom. The number of nitrogens with two attached hydrogens (primary N) is 1. The van der Waals surface area contributed by atoms with E-state index in [0.29, 0.717) is 11.7 Å². The van der Waals surface area contributed by atoms with Crippen molar-refractivity contribution in [2.45, 2.75) is 77.0 Å². The number of aromatic nitrogens is 1. The number of hydrogen-bond donors (Lipinski definition) is 3. The molecule has 0 bridgehead atoms. The van der Waals surface area contributed by atoms with Gasteiger partial charge in [-0.05, 0) is 70.1 Å².